The fourth-order valence-corrected chi connectivity index (χ4v) is 5.44. The normalized spacial score (nSPS) is 13.3. The summed E-state index contributed by atoms with van der Waals surface area (Å²) in [6.07, 6.45) is 1.39. The molecule has 2 atom stereocenters. The number of amides is 1. The van der Waals surface area contributed by atoms with E-state index in [1.807, 2.05) is 91.5 Å². The minimum Gasteiger partial charge on any atom is -0.328 e. The average Bonchev–Trinajstić information content (AvgIpc) is 2.88. The van der Waals surface area contributed by atoms with Crippen LogP contribution >= 0.6 is 0 Å². The van der Waals surface area contributed by atoms with Gasteiger partial charge in [-0.15, -0.1) is 0 Å². The molecule has 5 heteroatoms. The molecule has 0 saturated heterocycles. The topological polar surface area (TPSA) is 55.2 Å². The van der Waals surface area contributed by atoms with E-state index >= 15 is 0 Å². The first-order valence-electron chi connectivity index (χ1n) is 13.9. The minimum absolute atomic E-state index is 0.0668. The maximum absolute atomic E-state index is 14.0. The highest BCUT2D eigenvalue weighted by Gasteiger charge is 2.29. The average molecular weight is 524 g/mol. The van der Waals surface area contributed by atoms with Crippen molar-refractivity contribution in [2.45, 2.75) is 73.9 Å². The molecule has 1 aromatic heterocycles. The number of rotatable bonds is 8. The van der Waals surface area contributed by atoms with E-state index in [4.69, 9.17) is 4.98 Å². The van der Waals surface area contributed by atoms with Crippen LogP contribution in [0.4, 0.5) is 0 Å². The quantitative estimate of drug-likeness (QED) is 0.239. The third-order valence-electron chi connectivity index (χ3n) is 7.39. The monoisotopic (exact) mass is 523 g/mol. The molecule has 4 rings (SSSR count). The molecule has 2 unspecified atom stereocenters. The number of carbonyl (C=O) groups excluding carboxylic acids is 1. The van der Waals surface area contributed by atoms with E-state index in [1.54, 1.807) is 4.57 Å². The summed E-state index contributed by atoms with van der Waals surface area (Å²) in [4.78, 5) is 34.8. The molecule has 3 aromatic carbocycles. The summed E-state index contributed by atoms with van der Waals surface area (Å²) in [5, 5.41) is 0.561. The van der Waals surface area contributed by atoms with Crippen molar-refractivity contribution in [1.29, 1.82) is 0 Å². The SMILES string of the molecule is Cc1ccc(-n2c(C(C)N(Cc3ccccc3)C(=O)CC(C)CC(C)(C)C)nc3ccccc3c2=O)cc1C. The van der Waals surface area contributed by atoms with E-state index in [0.29, 0.717) is 29.7 Å². The first-order chi connectivity index (χ1) is 18.4. The summed E-state index contributed by atoms with van der Waals surface area (Å²) in [6.45, 7) is 15.3. The molecular weight excluding hydrogens is 482 g/mol. The molecule has 204 valence electrons. The van der Waals surface area contributed by atoms with Gasteiger partial charge in [0.05, 0.1) is 22.6 Å². The van der Waals surface area contributed by atoms with E-state index < -0.39 is 6.04 Å². The van der Waals surface area contributed by atoms with Crippen LogP contribution < -0.4 is 5.56 Å². The molecular formula is C34H41N3O2. The van der Waals surface area contributed by atoms with Gasteiger partial charge in [0.2, 0.25) is 5.91 Å². The van der Waals surface area contributed by atoms with Gasteiger partial charge in [0.1, 0.15) is 5.82 Å². The summed E-state index contributed by atoms with van der Waals surface area (Å²) < 4.78 is 1.70. The van der Waals surface area contributed by atoms with Crippen LogP contribution in [0.2, 0.25) is 0 Å². The van der Waals surface area contributed by atoms with Crippen molar-refractivity contribution in [1.82, 2.24) is 14.5 Å². The molecule has 5 nitrogen and oxygen atoms in total. The first-order valence-corrected chi connectivity index (χ1v) is 13.9. The predicted molar refractivity (Wildman–Crippen MR) is 160 cm³/mol. The van der Waals surface area contributed by atoms with Crippen molar-refractivity contribution in [3.05, 3.63) is 106 Å². The van der Waals surface area contributed by atoms with E-state index in [1.165, 1.54) is 0 Å². The predicted octanol–water partition coefficient (Wildman–Crippen LogP) is 7.55. The van der Waals surface area contributed by atoms with Crippen molar-refractivity contribution in [2.24, 2.45) is 11.3 Å². The molecule has 0 bridgehead atoms. The van der Waals surface area contributed by atoms with Gasteiger partial charge in [-0.05, 0) is 79.5 Å². The molecule has 1 amide bonds. The fraction of sp³-hybridized carbons (Fsp3) is 0.382. The van der Waals surface area contributed by atoms with Crippen molar-refractivity contribution < 1.29 is 4.79 Å². The van der Waals surface area contributed by atoms with Gasteiger partial charge in [0.25, 0.3) is 5.56 Å². The number of aryl methyl sites for hydroxylation is 2. The third-order valence-corrected chi connectivity index (χ3v) is 7.39. The lowest BCUT2D eigenvalue weighted by molar-refractivity contribution is -0.135. The number of fused-ring (bicyclic) bond motifs is 1. The van der Waals surface area contributed by atoms with Crippen LogP contribution in [0.1, 0.15) is 76.0 Å². The lowest BCUT2D eigenvalue weighted by Gasteiger charge is -2.32. The fourth-order valence-electron chi connectivity index (χ4n) is 5.44. The van der Waals surface area contributed by atoms with Gasteiger partial charge in [0.15, 0.2) is 0 Å². The largest absolute Gasteiger partial charge is 0.328 e. The smallest absolute Gasteiger partial charge is 0.266 e. The second-order valence-electron chi connectivity index (χ2n) is 12.2. The number of aromatic nitrogens is 2. The van der Waals surface area contributed by atoms with Crippen molar-refractivity contribution in [3.8, 4) is 5.69 Å². The number of carbonyl (C=O) groups is 1. The Kier molecular flexibility index (Phi) is 8.39. The minimum atomic E-state index is -0.432. The summed E-state index contributed by atoms with van der Waals surface area (Å²) in [5.74, 6) is 0.862. The zero-order valence-electron chi connectivity index (χ0n) is 24.4. The van der Waals surface area contributed by atoms with E-state index in [0.717, 1.165) is 28.8 Å². The van der Waals surface area contributed by atoms with Crippen molar-refractivity contribution in [3.63, 3.8) is 0 Å². The van der Waals surface area contributed by atoms with E-state index in [9.17, 15) is 9.59 Å². The standard InChI is InChI=1S/C34H41N3O2/c1-23(21-34(5,6)7)19-31(38)36(22-27-13-9-8-10-14-27)26(4)32-35-30-16-12-11-15-29(30)33(39)37(32)28-18-17-24(2)25(3)20-28/h8-18,20,23,26H,19,21-22H2,1-7H3. The van der Waals surface area contributed by atoms with Crippen LogP contribution in [0.25, 0.3) is 16.6 Å². The molecule has 4 aromatic rings. The summed E-state index contributed by atoms with van der Waals surface area (Å²) >= 11 is 0. The Labute approximate surface area is 232 Å². The summed E-state index contributed by atoms with van der Waals surface area (Å²) in [6, 6.07) is 23.1. The molecule has 0 saturated carbocycles. The Morgan fingerprint density at radius 3 is 2.26 bits per heavy atom. The molecule has 0 spiro atoms. The molecule has 0 aliphatic rings. The van der Waals surface area contributed by atoms with Crippen LogP contribution in [0.3, 0.4) is 0 Å². The van der Waals surface area contributed by atoms with Crippen LogP contribution in [-0.2, 0) is 11.3 Å². The van der Waals surface area contributed by atoms with E-state index in [-0.39, 0.29) is 22.8 Å². The lowest BCUT2D eigenvalue weighted by Crippen LogP contribution is -2.38. The number of benzene rings is 3. The Morgan fingerprint density at radius 1 is 0.923 bits per heavy atom. The first kappa shape index (κ1) is 28.3. The zero-order chi connectivity index (χ0) is 28.3. The Bertz CT molecular complexity index is 1520. The van der Waals surface area contributed by atoms with Crippen LogP contribution in [0, 0.1) is 25.2 Å². The highest BCUT2D eigenvalue weighted by atomic mass is 16.2. The Balaban J connectivity index is 1.85. The third kappa shape index (κ3) is 6.65. The molecule has 0 fully saturated rings. The molecule has 0 radical (unpaired) electrons. The van der Waals surface area contributed by atoms with Crippen LogP contribution in [-0.4, -0.2) is 20.4 Å². The molecule has 39 heavy (non-hydrogen) atoms. The number of para-hydroxylation sites is 1. The molecule has 0 aliphatic carbocycles. The van der Waals surface area contributed by atoms with Crippen LogP contribution in [0.5, 0.6) is 0 Å². The zero-order valence-corrected chi connectivity index (χ0v) is 24.4. The Morgan fingerprint density at radius 2 is 1.59 bits per heavy atom. The second kappa shape index (κ2) is 11.6. The van der Waals surface area contributed by atoms with Gasteiger partial charge in [-0.2, -0.15) is 0 Å². The van der Waals surface area contributed by atoms with Crippen LogP contribution in [0.15, 0.2) is 77.6 Å². The van der Waals surface area contributed by atoms with Crippen molar-refractivity contribution in [2.75, 3.05) is 0 Å². The van der Waals surface area contributed by atoms with Gasteiger partial charge in [-0.3, -0.25) is 14.2 Å². The number of hydrogen-bond donors (Lipinski definition) is 0. The highest BCUT2D eigenvalue weighted by molar-refractivity contribution is 5.79. The number of nitrogens with zero attached hydrogens (tertiary/aromatic N) is 3. The number of hydrogen-bond acceptors (Lipinski definition) is 3. The van der Waals surface area contributed by atoms with Gasteiger partial charge in [0, 0.05) is 13.0 Å². The lowest BCUT2D eigenvalue weighted by atomic mass is 9.84. The summed E-state index contributed by atoms with van der Waals surface area (Å²) in [7, 11) is 0. The highest BCUT2D eigenvalue weighted by Crippen LogP contribution is 2.30. The molecule has 1 heterocycles. The van der Waals surface area contributed by atoms with Gasteiger partial charge >= 0.3 is 0 Å². The van der Waals surface area contributed by atoms with Gasteiger partial charge in [-0.25, -0.2) is 4.98 Å². The molecule has 0 N–H and O–H groups in total. The van der Waals surface area contributed by atoms with Gasteiger partial charge in [-0.1, -0.05) is 76.2 Å². The van der Waals surface area contributed by atoms with E-state index in [2.05, 4.69) is 34.6 Å². The summed E-state index contributed by atoms with van der Waals surface area (Å²) in [5.41, 5.74) is 4.71. The Hall–Kier alpha value is -3.73. The van der Waals surface area contributed by atoms with Crippen molar-refractivity contribution >= 4 is 16.8 Å². The molecule has 0 aliphatic heterocycles. The maximum Gasteiger partial charge on any atom is 0.266 e. The maximum atomic E-state index is 14.0. The van der Waals surface area contributed by atoms with Gasteiger partial charge < -0.3 is 4.90 Å². The second-order valence-corrected chi connectivity index (χ2v) is 12.2.